The normalized spacial score (nSPS) is 10.4. The SMILES string of the molecule is O=C(Nc1cccc(F)c1)c1cccc2ccccc12. The standard InChI is InChI=1S/C17H12FNO/c18-13-7-4-8-14(11-13)19-17(20)16-10-3-6-12-5-1-2-9-15(12)16/h1-11H,(H,19,20). The maximum Gasteiger partial charge on any atom is 0.256 e. The van der Waals surface area contributed by atoms with Gasteiger partial charge in [0.25, 0.3) is 5.91 Å². The number of rotatable bonds is 2. The Labute approximate surface area is 115 Å². The molecular formula is C17H12FNO. The van der Waals surface area contributed by atoms with E-state index in [-0.39, 0.29) is 11.7 Å². The first-order chi connectivity index (χ1) is 9.74. The minimum Gasteiger partial charge on any atom is -0.322 e. The molecule has 0 atom stereocenters. The fourth-order valence-electron chi connectivity index (χ4n) is 2.19. The molecule has 0 spiro atoms. The van der Waals surface area contributed by atoms with Crippen LogP contribution in [0.4, 0.5) is 10.1 Å². The van der Waals surface area contributed by atoms with Crippen molar-refractivity contribution in [3.63, 3.8) is 0 Å². The Morgan fingerprint density at radius 1 is 0.900 bits per heavy atom. The first-order valence-corrected chi connectivity index (χ1v) is 6.29. The number of anilines is 1. The van der Waals surface area contributed by atoms with Crippen LogP contribution in [0.5, 0.6) is 0 Å². The van der Waals surface area contributed by atoms with E-state index in [0.717, 1.165) is 10.8 Å². The molecule has 3 aromatic rings. The van der Waals surface area contributed by atoms with E-state index in [1.807, 2.05) is 36.4 Å². The van der Waals surface area contributed by atoms with E-state index in [4.69, 9.17) is 0 Å². The van der Waals surface area contributed by atoms with E-state index in [1.54, 1.807) is 18.2 Å². The lowest BCUT2D eigenvalue weighted by Gasteiger charge is -2.08. The summed E-state index contributed by atoms with van der Waals surface area (Å²) in [6.45, 7) is 0. The molecule has 0 fully saturated rings. The highest BCUT2D eigenvalue weighted by atomic mass is 19.1. The van der Waals surface area contributed by atoms with E-state index >= 15 is 0 Å². The number of hydrogen-bond acceptors (Lipinski definition) is 1. The van der Waals surface area contributed by atoms with Gasteiger partial charge in [0, 0.05) is 11.3 Å². The van der Waals surface area contributed by atoms with Gasteiger partial charge in [0.2, 0.25) is 0 Å². The van der Waals surface area contributed by atoms with Crippen LogP contribution in [0.1, 0.15) is 10.4 Å². The number of fused-ring (bicyclic) bond motifs is 1. The van der Waals surface area contributed by atoms with E-state index in [1.165, 1.54) is 12.1 Å². The zero-order valence-electron chi connectivity index (χ0n) is 10.6. The maximum atomic E-state index is 13.1. The quantitative estimate of drug-likeness (QED) is 0.738. The summed E-state index contributed by atoms with van der Waals surface area (Å²) in [7, 11) is 0. The monoisotopic (exact) mass is 265 g/mol. The molecule has 1 amide bonds. The van der Waals surface area contributed by atoms with Crippen molar-refractivity contribution in [2.75, 3.05) is 5.32 Å². The van der Waals surface area contributed by atoms with Gasteiger partial charge in [0.15, 0.2) is 0 Å². The molecule has 0 saturated carbocycles. The summed E-state index contributed by atoms with van der Waals surface area (Å²) in [5.41, 5.74) is 1.02. The molecule has 3 aromatic carbocycles. The first kappa shape index (κ1) is 12.4. The average molecular weight is 265 g/mol. The Morgan fingerprint density at radius 2 is 1.65 bits per heavy atom. The number of benzene rings is 3. The molecule has 20 heavy (non-hydrogen) atoms. The largest absolute Gasteiger partial charge is 0.322 e. The molecule has 3 heteroatoms. The van der Waals surface area contributed by atoms with Crippen LogP contribution in [0.25, 0.3) is 10.8 Å². The molecular weight excluding hydrogens is 253 g/mol. The molecule has 98 valence electrons. The topological polar surface area (TPSA) is 29.1 Å². The molecule has 0 saturated heterocycles. The van der Waals surface area contributed by atoms with Gasteiger partial charge in [0.1, 0.15) is 5.82 Å². The van der Waals surface area contributed by atoms with Crippen molar-refractivity contribution < 1.29 is 9.18 Å². The predicted octanol–water partition coefficient (Wildman–Crippen LogP) is 4.23. The third-order valence-corrected chi connectivity index (χ3v) is 3.12. The van der Waals surface area contributed by atoms with Gasteiger partial charge in [-0.05, 0) is 35.0 Å². The van der Waals surface area contributed by atoms with Crippen LogP contribution in [-0.2, 0) is 0 Å². The second kappa shape index (κ2) is 5.13. The second-order valence-electron chi connectivity index (χ2n) is 4.49. The van der Waals surface area contributed by atoms with Gasteiger partial charge in [-0.15, -0.1) is 0 Å². The van der Waals surface area contributed by atoms with Crippen LogP contribution >= 0.6 is 0 Å². The second-order valence-corrected chi connectivity index (χ2v) is 4.49. The van der Waals surface area contributed by atoms with Crippen LogP contribution < -0.4 is 5.32 Å². The van der Waals surface area contributed by atoms with Crippen molar-refractivity contribution in [2.45, 2.75) is 0 Å². The lowest BCUT2D eigenvalue weighted by Crippen LogP contribution is -2.12. The number of nitrogens with one attached hydrogen (secondary N) is 1. The van der Waals surface area contributed by atoms with Crippen molar-refractivity contribution in [3.8, 4) is 0 Å². The molecule has 0 heterocycles. The fourth-order valence-corrected chi connectivity index (χ4v) is 2.19. The molecule has 0 unspecified atom stereocenters. The van der Waals surface area contributed by atoms with Crippen molar-refractivity contribution in [3.05, 3.63) is 78.1 Å². The smallest absolute Gasteiger partial charge is 0.256 e. The van der Waals surface area contributed by atoms with Crippen LogP contribution in [0, 0.1) is 5.82 Å². The minimum atomic E-state index is -0.374. The van der Waals surface area contributed by atoms with E-state index in [2.05, 4.69) is 5.32 Å². The van der Waals surface area contributed by atoms with Gasteiger partial charge in [0.05, 0.1) is 0 Å². The Kier molecular flexibility index (Phi) is 3.17. The fraction of sp³-hybridized carbons (Fsp3) is 0. The molecule has 0 bridgehead atoms. The minimum absolute atomic E-state index is 0.243. The van der Waals surface area contributed by atoms with Crippen molar-refractivity contribution in [1.29, 1.82) is 0 Å². The molecule has 0 radical (unpaired) electrons. The summed E-state index contributed by atoms with van der Waals surface area (Å²) in [5, 5.41) is 4.59. The van der Waals surface area contributed by atoms with Gasteiger partial charge < -0.3 is 5.32 Å². The van der Waals surface area contributed by atoms with Gasteiger partial charge in [-0.25, -0.2) is 4.39 Å². The molecule has 0 aliphatic carbocycles. The Balaban J connectivity index is 1.97. The van der Waals surface area contributed by atoms with Gasteiger partial charge >= 0.3 is 0 Å². The Hall–Kier alpha value is -2.68. The Bertz CT molecular complexity index is 777. The summed E-state index contributed by atoms with van der Waals surface area (Å²) in [6.07, 6.45) is 0. The van der Waals surface area contributed by atoms with Gasteiger partial charge in [-0.1, -0.05) is 42.5 Å². The van der Waals surface area contributed by atoms with E-state index in [0.29, 0.717) is 11.3 Å². The van der Waals surface area contributed by atoms with Gasteiger partial charge in [-0.2, -0.15) is 0 Å². The molecule has 2 nitrogen and oxygen atoms in total. The lowest BCUT2D eigenvalue weighted by molar-refractivity contribution is 0.102. The summed E-state index contributed by atoms with van der Waals surface area (Å²) in [6, 6.07) is 19.1. The maximum absolute atomic E-state index is 13.1. The highest BCUT2D eigenvalue weighted by molar-refractivity contribution is 6.12. The summed E-state index contributed by atoms with van der Waals surface area (Å²) in [5.74, 6) is -0.617. The summed E-state index contributed by atoms with van der Waals surface area (Å²) >= 11 is 0. The zero-order chi connectivity index (χ0) is 13.9. The van der Waals surface area contributed by atoms with Crippen LogP contribution in [0.3, 0.4) is 0 Å². The molecule has 3 rings (SSSR count). The first-order valence-electron chi connectivity index (χ1n) is 6.29. The predicted molar refractivity (Wildman–Crippen MR) is 78.3 cm³/mol. The number of carbonyl (C=O) groups is 1. The lowest BCUT2D eigenvalue weighted by atomic mass is 10.0. The highest BCUT2D eigenvalue weighted by Crippen LogP contribution is 2.20. The van der Waals surface area contributed by atoms with E-state index in [9.17, 15) is 9.18 Å². The third kappa shape index (κ3) is 2.38. The number of amides is 1. The molecule has 0 aromatic heterocycles. The summed E-state index contributed by atoms with van der Waals surface area (Å²) in [4.78, 5) is 12.3. The van der Waals surface area contributed by atoms with Crippen molar-refractivity contribution >= 4 is 22.4 Å². The molecule has 0 aliphatic rings. The van der Waals surface area contributed by atoms with Crippen molar-refractivity contribution in [1.82, 2.24) is 0 Å². The van der Waals surface area contributed by atoms with Crippen molar-refractivity contribution in [2.24, 2.45) is 0 Å². The van der Waals surface area contributed by atoms with Gasteiger partial charge in [-0.3, -0.25) is 4.79 Å². The molecule has 0 aliphatic heterocycles. The van der Waals surface area contributed by atoms with Crippen LogP contribution in [0.15, 0.2) is 66.7 Å². The number of carbonyl (C=O) groups excluding carboxylic acids is 1. The average Bonchev–Trinajstić information content (AvgIpc) is 2.46. The third-order valence-electron chi connectivity index (χ3n) is 3.12. The number of halogens is 1. The van der Waals surface area contributed by atoms with Crippen LogP contribution in [-0.4, -0.2) is 5.91 Å². The van der Waals surface area contributed by atoms with Crippen LogP contribution in [0.2, 0.25) is 0 Å². The molecule has 1 N–H and O–H groups in total. The number of hydrogen-bond donors (Lipinski definition) is 1. The van der Waals surface area contributed by atoms with E-state index < -0.39 is 0 Å². The summed E-state index contributed by atoms with van der Waals surface area (Å²) < 4.78 is 13.1. The highest BCUT2D eigenvalue weighted by Gasteiger charge is 2.09. The zero-order valence-corrected chi connectivity index (χ0v) is 10.6. The Morgan fingerprint density at radius 3 is 2.50 bits per heavy atom.